The van der Waals surface area contributed by atoms with Crippen molar-refractivity contribution >= 4 is 50.0 Å². The van der Waals surface area contributed by atoms with E-state index in [-0.39, 0.29) is 14.7 Å². The lowest BCUT2D eigenvalue weighted by Gasteiger charge is -1.95. The number of nitrogens with zero attached hydrogens (tertiary/aromatic N) is 1. The highest BCUT2D eigenvalue weighted by Gasteiger charge is 2.08. The van der Waals surface area contributed by atoms with Crippen molar-refractivity contribution in [1.82, 2.24) is 5.43 Å². The molecule has 0 aromatic carbocycles. The Kier molecular flexibility index (Phi) is 5.11. The molecular formula is C9H6Br2N2O4. The van der Waals surface area contributed by atoms with E-state index in [1.54, 1.807) is 6.07 Å². The summed E-state index contributed by atoms with van der Waals surface area (Å²) in [6.07, 6.45) is 2.49. The number of hydrogen-bond donors (Lipinski definition) is 2. The molecular weight excluding hydrogens is 360 g/mol. The molecule has 0 saturated carbocycles. The van der Waals surface area contributed by atoms with Crippen LogP contribution in [0.3, 0.4) is 0 Å². The molecule has 17 heavy (non-hydrogen) atoms. The third-order valence-corrected chi connectivity index (χ3v) is 3.39. The fourth-order valence-electron chi connectivity index (χ4n) is 0.769. The molecule has 0 aliphatic heterocycles. The summed E-state index contributed by atoms with van der Waals surface area (Å²) < 4.78 is 4.91. The number of rotatable bonds is 4. The fourth-order valence-corrected chi connectivity index (χ4v) is 1.14. The number of allylic oxidation sites excluding steroid dienone is 1. The molecule has 6 nitrogen and oxygen atoms in total. The molecule has 0 bridgehead atoms. The predicted molar refractivity (Wildman–Crippen MR) is 67.2 cm³/mol. The Balaban J connectivity index is 2.60. The second-order valence-corrected chi connectivity index (χ2v) is 4.29. The van der Waals surface area contributed by atoms with Crippen LogP contribution in [-0.2, 0) is 4.79 Å². The van der Waals surface area contributed by atoms with Crippen molar-refractivity contribution in [2.75, 3.05) is 0 Å². The van der Waals surface area contributed by atoms with Crippen molar-refractivity contribution < 1.29 is 19.1 Å². The lowest BCUT2D eigenvalue weighted by Crippen LogP contribution is -2.16. The molecule has 8 heteroatoms. The van der Waals surface area contributed by atoms with Gasteiger partial charge in [0.2, 0.25) is 0 Å². The molecule has 0 aliphatic carbocycles. The van der Waals surface area contributed by atoms with E-state index in [0.29, 0.717) is 0 Å². The molecule has 0 spiro atoms. The van der Waals surface area contributed by atoms with Crippen LogP contribution < -0.4 is 5.43 Å². The zero-order valence-electron chi connectivity index (χ0n) is 8.18. The number of hydrazone groups is 1. The Morgan fingerprint density at radius 1 is 1.47 bits per heavy atom. The minimum Gasteiger partial charge on any atom is -0.477 e. The molecule has 0 aliphatic rings. The highest BCUT2D eigenvalue weighted by molar-refractivity contribution is 9.14. The first-order valence-electron chi connectivity index (χ1n) is 4.18. The Labute approximate surface area is 113 Å². The van der Waals surface area contributed by atoms with E-state index in [0.717, 1.165) is 6.21 Å². The highest BCUT2D eigenvalue weighted by Crippen LogP contribution is 2.15. The van der Waals surface area contributed by atoms with E-state index in [4.69, 9.17) is 9.52 Å². The van der Waals surface area contributed by atoms with Crippen molar-refractivity contribution in [1.29, 1.82) is 0 Å². The number of hydrogen-bond acceptors (Lipinski definition) is 4. The lowest BCUT2D eigenvalue weighted by molar-refractivity contribution is -0.131. The number of carboxylic acids is 1. The fraction of sp³-hybridized carbons (Fsp3) is 0. The first kappa shape index (κ1) is 13.7. The van der Waals surface area contributed by atoms with Gasteiger partial charge in [-0.1, -0.05) is 0 Å². The molecule has 1 amide bonds. The summed E-state index contributed by atoms with van der Waals surface area (Å²) in [6.45, 7) is 0. The van der Waals surface area contributed by atoms with Crippen LogP contribution in [0.2, 0.25) is 0 Å². The third kappa shape index (κ3) is 4.16. The largest absolute Gasteiger partial charge is 0.477 e. The molecule has 1 heterocycles. The van der Waals surface area contributed by atoms with Gasteiger partial charge in [0, 0.05) is 0 Å². The minimum atomic E-state index is -1.15. The zero-order chi connectivity index (χ0) is 12.8. The number of nitrogens with one attached hydrogen (secondary N) is 1. The lowest BCUT2D eigenvalue weighted by atomic mass is 10.4. The summed E-state index contributed by atoms with van der Waals surface area (Å²) in [5.74, 6) is -1.57. The van der Waals surface area contributed by atoms with Gasteiger partial charge < -0.3 is 9.52 Å². The maximum absolute atomic E-state index is 11.3. The molecule has 1 rings (SSSR count). The summed E-state index contributed by atoms with van der Waals surface area (Å²) in [6, 6.07) is 3.04. The van der Waals surface area contributed by atoms with Crippen molar-refractivity contribution in [3.05, 3.63) is 33.1 Å². The minimum absolute atomic E-state index is 0.103. The van der Waals surface area contributed by atoms with Crippen molar-refractivity contribution in [3.8, 4) is 0 Å². The molecule has 0 unspecified atom stereocenters. The number of halogens is 2. The normalized spacial score (nSPS) is 12.4. The van der Waals surface area contributed by atoms with Crippen LogP contribution in [0.15, 0.2) is 36.9 Å². The summed E-state index contributed by atoms with van der Waals surface area (Å²) in [5.41, 5.74) is 2.17. The average molecular weight is 366 g/mol. The van der Waals surface area contributed by atoms with Gasteiger partial charge in [-0.3, -0.25) is 4.79 Å². The van der Waals surface area contributed by atoms with Gasteiger partial charge in [0.25, 0.3) is 0 Å². The number of carbonyl (C=O) groups excluding carboxylic acids is 1. The van der Waals surface area contributed by atoms with Crippen LogP contribution >= 0.6 is 31.9 Å². The highest BCUT2D eigenvalue weighted by atomic mass is 79.9. The Morgan fingerprint density at radius 2 is 2.18 bits per heavy atom. The van der Waals surface area contributed by atoms with Gasteiger partial charge in [-0.25, -0.2) is 10.2 Å². The van der Waals surface area contributed by atoms with E-state index < -0.39 is 11.9 Å². The Bertz CT molecular complexity index is 479. The summed E-state index contributed by atoms with van der Waals surface area (Å²) in [7, 11) is 0. The van der Waals surface area contributed by atoms with Crippen LogP contribution in [0.4, 0.5) is 0 Å². The second kappa shape index (κ2) is 6.36. The molecule has 0 saturated heterocycles. The third-order valence-electron chi connectivity index (χ3n) is 1.49. The average Bonchev–Trinajstić information content (AvgIpc) is 2.80. The first-order valence-corrected chi connectivity index (χ1v) is 5.76. The van der Waals surface area contributed by atoms with E-state index in [2.05, 4.69) is 42.4 Å². The molecule has 0 radical (unpaired) electrons. The zero-order valence-corrected chi connectivity index (χ0v) is 11.4. The molecule has 2 N–H and O–H groups in total. The quantitative estimate of drug-likeness (QED) is 0.485. The van der Waals surface area contributed by atoms with Crippen LogP contribution in [0, 0.1) is 0 Å². The monoisotopic (exact) mass is 364 g/mol. The number of amides is 1. The second-order valence-electron chi connectivity index (χ2n) is 2.64. The maximum Gasteiger partial charge on any atom is 0.344 e. The Morgan fingerprint density at radius 3 is 2.71 bits per heavy atom. The van der Waals surface area contributed by atoms with Gasteiger partial charge in [-0.15, -0.1) is 0 Å². The van der Waals surface area contributed by atoms with E-state index >= 15 is 0 Å². The number of carbonyl (C=O) groups is 2. The summed E-state index contributed by atoms with van der Waals surface area (Å²) >= 11 is 5.79. The smallest absolute Gasteiger partial charge is 0.344 e. The SMILES string of the molecule is O=C(O)/C(Br)=C(Br)\C=N\NC(=O)c1ccco1. The molecule has 0 atom stereocenters. The summed E-state index contributed by atoms with van der Waals surface area (Å²) in [4.78, 5) is 21.8. The van der Waals surface area contributed by atoms with Crippen LogP contribution in [-0.4, -0.2) is 23.2 Å². The topological polar surface area (TPSA) is 91.9 Å². The van der Waals surface area contributed by atoms with Crippen LogP contribution in [0.1, 0.15) is 10.6 Å². The van der Waals surface area contributed by atoms with Gasteiger partial charge >= 0.3 is 11.9 Å². The van der Waals surface area contributed by atoms with Crippen LogP contribution in [0.5, 0.6) is 0 Å². The van der Waals surface area contributed by atoms with Gasteiger partial charge in [0.05, 0.1) is 17.0 Å². The number of aliphatic carboxylic acids is 1. The molecule has 90 valence electrons. The van der Waals surface area contributed by atoms with Crippen molar-refractivity contribution in [3.63, 3.8) is 0 Å². The molecule has 1 aromatic rings. The Hall–Kier alpha value is -1.41. The van der Waals surface area contributed by atoms with E-state index in [9.17, 15) is 9.59 Å². The summed E-state index contributed by atoms with van der Waals surface area (Å²) in [5, 5.41) is 12.2. The molecule has 1 aromatic heterocycles. The molecule has 0 fully saturated rings. The van der Waals surface area contributed by atoms with Gasteiger partial charge in [0.15, 0.2) is 5.76 Å². The maximum atomic E-state index is 11.3. The van der Waals surface area contributed by atoms with E-state index in [1.165, 1.54) is 12.3 Å². The van der Waals surface area contributed by atoms with Gasteiger partial charge in [-0.05, 0) is 44.0 Å². The predicted octanol–water partition coefficient (Wildman–Crippen LogP) is 2.08. The van der Waals surface area contributed by atoms with Crippen molar-refractivity contribution in [2.24, 2.45) is 5.10 Å². The van der Waals surface area contributed by atoms with Crippen LogP contribution in [0.25, 0.3) is 0 Å². The van der Waals surface area contributed by atoms with E-state index in [1.807, 2.05) is 0 Å². The number of carboxylic acid groups (broad SMARTS) is 1. The standard InChI is InChI=1S/C9H6Br2N2O4/c10-5(7(11)9(15)16)4-12-13-8(14)6-2-1-3-17-6/h1-4H,(H,13,14)(H,15,16)/b7-5-,12-4+. The van der Waals surface area contributed by atoms with Gasteiger partial charge in [-0.2, -0.15) is 5.10 Å². The van der Waals surface area contributed by atoms with Crippen molar-refractivity contribution in [2.45, 2.75) is 0 Å². The van der Waals surface area contributed by atoms with Gasteiger partial charge in [0.1, 0.15) is 4.48 Å². The first-order chi connectivity index (χ1) is 8.02. The number of furan rings is 1.